The van der Waals surface area contributed by atoms with Gasteiger partial charge in [-0.15, -0.1) is 0 Å². The largest absolute Gasteiger partial charge is 0.496 e. The Labute approximate surface area is 114 Å². The average molecular weight is 263 g/mol. The zero-order chi connectivity index (χ0) is 13.8. The van der Waals surface area contributed by atoms with E-state index in [1.165, 1.54) is 12.8 Å². The maximum Gasteiger partial charge on any atom is 0.335 e. The van der Waals surface area contributed by atoms with E-state index in [1.807, 2.05) is 0 Å². The van der Waals surface area contributed by atoms with Gasteiger partial charge in [-0.3, -0.25) is 4.90 Å². The fourth-order valence-electron chi connectivity index (χ4n) is 2.71. The second kappa shape index (κ2) is 6.06. The molecule has 1 saturated heterocycles. The lowest BCUT2D eigenvalue weighted by atomic mass is 9.99. The van der Waals surface area contributed by atoms with Crippen LogP contribution in [0.4, 0.5) is 0 Å². The van der Waals surface area contributed by atoms with Crippen molar-refractivity contribution in [3.8, 4) is 5.75 Å². The van der Waals surface area contributed by atoms with Gasteiger partial charge in [-0.2, -0.15) is 0 Å². The highest BCUT2D eigenvalue weighted by atomic mass is 16.5. The molecule has 4 heteroatoms. The van der Waals surface area contributed by atoms with Gasteiger partial charge < -0.3 is 9.84 Å². The third-order valence-corrected chi connectivity index (χ3v) is 3.66. The minimum atomic E-state index is -0.893. The van der Waals surface area contributed by atoms with Crippen LogP contribution in [0.5, 0.6) is 5.75 Å². The van der Waals surface area contributed by atoms with Gasteiger partial charge in [0.25, 0.3) is 0 Å². The number of piperidine rings is 1. The van der Waals surface area contributed by atoms with Gasteiger partial charge in [-0.05, 0) is 43.5 Å². The van der Waals surface area contributed by atoms with Gasteiger partial charge in [0.1, 0.15) is 5.75 Å². The van der Waals surface area contributed by atoms with Crippen molar-refractivity contribution in [2.24, 2.45) is 5.92 Å². The molecule has 1 N–H and O–H groups in total. The molecule has 0 aliphatic carbocycles. The third-order valence-electron chi connectivity index (χ3n) is 3.66. The van der Waals surface area contributed by atoms with Crippen LogP contribution >= 0.6 is 0 Å². The van der Waals surface area contributed by atoms with Crippen molar-refractivity contribution in [1.82, 2.24) is 4.90 Å². The van der Waals surface area contributed by atoms with Crippen molar-refractivity contribution >= 4 is 5.97 Å². The first kappa shape index (κ1) is 13.9. The number of ether oxygens (including phenoxy) is 1. The number of carboxylic acid groups (broad SMARTS) is 1. The second-order valence-corrected chi connectivity index (χ2v) is 5.31. The van der Waals surface area contributed by atoms with Crippen LogP contribution in [0.2, 0.25) is 0 Å². The number of carbonyl (C=O) groups is 1. The summed E-state index contributed by atoms with van der Waals surface area (Å²) in [5, 5.41) is 9.07. The summed E-state index contributed by atoms with van der Waals surface area (Å²) in [4.78, 5) is 13.4. The first-order valence-corrected chi connectivity index (χ1v) is 6.72. The van der Waals surface area contributed by atoms with E-state index in [4.69, 9.17) is 9.84 Å². The predicted molar refractivity (Wildman–Crippen MR) is 73.6 cm³/mol. The highest BCUT2D eigenvalue weighted by Crippen LogP contribution is 2.24. The van der Waals surface area contributed by atoms with Gasteiger partial charge in [0.15, 0.2) is 0 Å². The minimum absolute atomic E-state index is 0.320. The van der Waals surface area contributed by atoms with Crippen molar-refractivity contribution in [2.45, 2.75) is 26.3 Å². The Balaban J connectivity index is 2.17. The summed E-state index contributed by atoms with van der Waals surface area (Å²) in [6.45, 7) is 5.16. The Morgan fingerprint density at radius 1 is 1.53 bits per heavy atom. The summed E-state index contributed by atoms with van der Waals surface area (Å²) in [6, 6.07) is 5.05. The molecule has 1 aromatic rings. The number of nitrogens with zero attached hydrogens (tertiary/aromatic N) is 1. The lowest BCUT2D eigenvalue weighted by Crippen LogP contribution is -2.33. The third kappa shape index (κ3) is 3.47. The molecular weight excluding hydrogens is 242 g/mol. The number of hydrogen-bond donors (Lipinski definition) is 1. The van der Waals surface area contributed by atoms with E-state index in [-0.39, 0.29) is 0 Å². The van der Waals surface area contributed by atoms with Crippen molar-refractivity contribution in [3.05, 3.63) is 29.3 Å². The molecule has 1 atom stereocenters. The van der Waals surface area contributed by atoms with Crippen molar-refractivity contribution < 1.29 is 14.6 Å². The standard InChI is InChI=1S/C15H21NO3/c1-11-4-3-7-16(9-11)10-13-8-12(15(17)18)5-6-14(13)19-2/h5-6,8,11H,3-4,7,9-10H2,1-2H3,(H,17,18). The molecule has 1 aliphatic heterocycles. The molecule has 4 nitrogen and oxygen atoms in total. The van der Waals surface area contributed by atoms with Crippen LogP contribution in [0, 0.1) is 5.92 Å². The number of carboxylic acids is 1. The molecule has 0 spiro atoms. The van der Waals surface area contributed by atoms with Crippen LogP contribution in [0.1, 0.15) is 35.7 Å². The highest BCUT2D eigenvalue weighted by molar-refractivity contribution is 5.88. The lowest BCUT2D eigenvalue weighted by Gasteiger charge is -2.31. The van der Waals surface area contributed by atoms with Crippen molar-refractivity contribution in [3.63, 3.8) is 0 Å². The molecule has 1 aliphatic rings. The highest BCUT2D eigenvalue weighted by Gasteiger charge is 2.18. The second-order valence-electron chi connectivity index (χ2n) is 5.31. The number of rotatable bonds is 4. The van der Waals surface area contributed by atoms with Gasteiger partial charge in [0.2, 0.25) is 0 Å². The molecule has 19 heavy (non-hydrogen) atoms. The molecule has 0 radical (unpaired) electrons. The van der Waals surface area contributed by atoms with Crippen LogP contribution in [-0.2, 0) is 6.54 Å². The average Bonchev–Trinajstić information content (AvgIpc) is 2.38. The Morgan fingerprint density at radius 2 is 2.32 bits per heavy atom. The molecule has 1 unspecified atom stereocenters. The van der Waals surface area contributed by atoms with E-state index in [1.54, 1.807) is 25.3 Å². The zero-order valence-corrected chi connectivity index (χ0v) is 11.6. The molecule has 1 fully saturated rings. The Bertz CT molecular complexity index is 459. The van der Waals surface area contributed by atoms with Crippen LogP contribution in [-0.4, -0.2) is 36.2 Å². The van der Waals surface area contributed by atoms with Gasteiger partial charge in [-0.25, -0.2) is 4.79 Å². The molecule has 104 valence electrons. The number of likely N-dealkylation sites (tertiary alicyclic amines) is 1. The Hall–Kier alpha value is -1.55. The molecule has 0 aromatic heterocycles. The van der Waals surface area contributed by atoms with Crippen molar-refractivity contribution in [2.75, 3.05) is 20.2 Å². The van der Waals surface area contributed by atoms with Crippen LogP contribution < -0.4 is 4.74 Å². The summed E-state index contributed by atoms with van der Waals surface area (Å²) in [5.74, 6) is 0.585. The Morgan fingerprint density at radius 3 is 2.95 bits per heavy atom. The zero-order valence-electron chi connectivity index (χ0n) is 11.6. The summed E-state index contributed by atoms with van der Waals surface area (Å²) >= 11 is 0. The molecule has 1 heterocycles. The van der Waals surface area contributed by atoms with E-state index in [2.05, 4.69) is 11.8 Å². The van der Waals surface area contributed by atoms with E-state index >= 15 is 0 Å². The fraction of sp³-hybridized carbons (Fsp3) is 0.533. The van der Waals surface area contributed by atoms with E-state index in [0.29, 0.717) is 11.5 Å². The molecule has 0 bridgehead atoms. The Kier molecular flexibility index (Phi) is 4.43. The SMILES string of the molecule is COc1ccc(C(=O)O)cc1CN1CCCC(C)C1. The van der Waals surface area contributed by atoms with Gasteiger partial charge in [-0.1, -0.05) is 6.92 Å². The molecule has 0 saturated carbocycles. The maximum atomic E-state index is 11.0. The first-order valence-electron chi connectivity index (χ1n) is 6.72. The summed E-state index contributed by atoms with van der Waals surface area (Å²) in [5.41, 5.74) is 1.28. The van der Waals surface area contributed by atoms with Gasteiger partial charge >= 0.3 is 5.97 Å². The fourth-order valence-corrected chi connectivity index (χ4v) is 2.71. The first-order chi connectivity index (χ1) is 9.10. The quantitative estimate of drug-likeness (QED) is 0.907. The number of methoxy groups -OCH3 is 1. The van der Waals surface area contributed by atoms with Crippen LogP contribution in [0.3, 0.4) is 0 Å². The molecular formula is C15H21NO3. The number of benzene rings is 1. The normalized spacial score (nSPS) is 20.2. The smallest absolute Gasteiger partial charge is 0.335 e. The minimum Gasteiger partial charge on any atom is -0.496 e. The monoisotopic (exact) mass is 263 g/mol. The number of hydrogen-bond acceptors (Lipinski definition) is 3. The van der Waals surface area contributed by atoms with E-state index in [9.17, 15) is 4.79 Å². The topological polar surface area (TPSA) is 49.8 Å². The lowest BCUT2D eigenvalue weighted by molar-refractivity contribution is 0.0696. The van der Waals surface area contributed by atoms with E-state index in [0.717, 1.165) is 30.9 Å². The summed E-state index contributed by atoms with van der Waals surface area (Å²) in [7, 11) is 1.62. The summed E-state index contributed by atoms with van der Waals surface area (Å²) < 4.78 is 5.33. The maximum absolute atomic E-state index is 11.0. The summed E-state index contributed by atoms with van der Waals surface area (Å²) in [6.07, 6.45) is 2.49. The number of aromatic carboxylic acids is 1. The van der Waals surface area contributed by atoms with Gasteiger partial charge in [0, 0.05) is 18.7 Å². The van der Waals surface area contributed by atoms with E-state index < -0.39 is 5.97 Å². The predicted octanol–water partition coefficient (Wildman–Crippen LogP) is 2.63. The molecule has 1 aromatic carbocycles. The van der Waals surface area contributed by atoms with Crippen LogP contribution in [0.25, 0.3) is 0 Å². The molecule has 2 rings (SSSR count). The van der Waals surface area contributed by atoms with Crippen LogP contribution in [0.15, 0.2) is 18.2 Å². The molecule has 0 amide bonds. The van der Waals surface area contributed by atoms with Gasteiger partial charge in [0.05, 0.1) is 12.7 Å². The van der Waals surface area contributed by atoms with Crippen molar-refractivity contribution in [1.29, 1.82) is 0 Å².